The average molecular weight is 316 g/mol. The second kappa shape index (κ2) is 12.8. The minimum absolute atomic E-state index is 0.522. The van der Waals surface area contributed by atoms with Crippen LogP contribution in [0.25, 0.3) is 0 Å². The molecule has 128 valence electrons. The molecule has 0 fully saturated rings. The molecule has 0 aliphatic rings. The minimum atomic E-state index is 0.522. The maximum absolute atomic E-state index is 10.5. The molecule has 0 N–H and O–H groups in total. The Kier molecular flexibility index (Phi) is 11.9. The van der Waals surface area contributed by atoms with Crippen LogP contribution in [-0.2, 0) is 9.59 Å². The van der Waals surface area contributed by atoms with E-state index in [4.69, 9.17) is 0 Å². The van der Waals surface area contributed by atoms with E-state index in [0.29, 0.717) is 5.92 Å². The Labute approximate surface area is 142 Å². The predicted molar refractivity (Wildman–Crippen MR) is 99.4 cm³/mol. The predicted octanol–water partition coefficient (Wildman–Crippen LogP) is 5.76. The maximum Gasteiger partial charge on any atom is 0.145 e. The topological polar surface area (TPSA) is 34.1 Å². The number of hydrogen-bond acceptors (Lipinski definition) is 2. The third-order valence-corrected chi connectivity index (χ3v) is 3.79. The standard InChI is InChI=1S/C21H32O2/c1-17(8-6-10-20(4)15-22)12-13-19(3)14-18(2)9-7-11-21(5)16-23/h10-12,14-16,19H,6-9,13H2,1-5H3/b17-12+,18-14+,20-10+,21-11+. The van der Waals surface area contributed by atoms with Crippen LogP contribution in [0.15, 0.2) is 46.6 Å². The van der Waals surface area contributed by atoms with Gasteiger partial charge in [-0.2, -0.15) is 0 Å². The van der Waals surface area contributed by atoms with Crippen molar-refractivity contribution < 1.29 is 9.59 Å². The Morgan fingerprint density at radius 1 is 0.783 bits per heavy atom. The fraction of sp³-hybridized carbons (Fsp3) is 0.524. The van der Waals surface area contributed by atoms with E-state index in [2.05, 4.69) is 32.9 Å². The van der Waals surface area contributed by atoms with Gasteiger partial charge in [0, 0.05) is 0 Å². The van der Waals surface area contributed by atoms with E-state index in [1.54, 1.807) is 0 Å². The molecule has 2 heteroatoms. The van der Waals surface area contributed by atoms with Gasteiger partial charge in [0.15, 0.2) is 0 Å². The van der Waals surface area contributed by atoms with Crippen molar-refractivity contribution in [2.24, 2.45) is 5.92 Å². The third kappa shape index (κ3) is 12.5. The summed E-state index contributed by atoms with van der Waals surface area (Å²) in [6.45, 7) is 10.2. The second-order valence-corrected chi connectivity index (χ2v) is 6.49. The van der Waals surface area contributed by atoms with Gasteiger partial charge in [0.2, 0.25) is 0 Å². The molecule has 0 heterocycles. The van der Waals surface area contributed by atoms with Crippen LogP contribution in [0.2, 0.25) is 0 Å². The molecule has 0 aromatic rings. The molecule has 0 radical (unpaired) electrons. The molecule has 0 saturated heterocycles. The van der Waals surface area contributed by atoms with Gasteiger partial charge in [-0.3, -0.25) is 9.59 Å². The molecule has 2 nitrogen and oxygen atoms in total. The Hall–Kier alpha value is -1.70. The molecule has 0 saturated carbocycles. The van der Waals surface area contributed by atoms with E-state index in [1.807, 2.05) is 26.0 Å². The van der Waals surface area contributed by atoms with E-state index in [9.17, 15) is 9.59 Å². The van der Waals surface area contributed by atoms with Crippen LogP contribution < -0.4 is 0 Å². The van der Waals surface area contributed by atoms with Crippen LogP contribution in [0.5, 0.6) is 0 Å². The molecule has 0 amide bonds. The highest BCUT2D eigenvalue weighted by Gasteiger charge is 1.98. The van der Waals surface area contributed by atoms with Crippen molar-refractivity contribution in [2.45, 2.75) is 66.7 Å². The molecule has 0 aliphatic carbocycles. The third-order valence-electron chi connectivity index (χ3n) is 3.79. The van der Waals surface area contributed by atoms with Gasteiger partial charge in [-0.1, -0.05) is 42.4 Å². The summed E-state index contributed by atoms with van der Waals surface area (Å²) in [4.78, 5) is 21.0. The summed E-state index contributed by atoms with van der Waals surface area (Å²) in [6.07, 6.45) is 15.3. The van der Waals surface area contributed by atoms with Crippen molar-refractivity contribution in [3.8, 4) is 0 Å². The zero-order valence-electron chi connectivity index (χ0n) is 15.4. The fourth-order valence-corrected chi connectivity index (χ4v) is 2.28. The zero-order valence-corrected chi connectivity index (χ0v) is 15.4. The molecule has 0 aromatic carbocycles. The van der Waals surface area contributed by atoms with Crippen molar-refractivity contribution in [1.29, 1.82) is 0 Å². The number of hydrogen-bond donors (Lipinski definition) is 0. The number of rotatable bonds is 11. The monoisotopic (exact) mass is 316 g/mol. The van der Waals surface area contributed by atoms with Crippen molar-refractivity contribution in [3.05, 3.63) is 46.6 Å². The number of carbonyl (C=O) groups excluding carboxylic acids is 2. The Morgan fingerprint density at radius 3 is 1.74 bits per heavy atom. The van der Waals surface area contributed by atoms with E-state index in [-0.39, 0.29) is 0 Å². The zero-order chi connectivity index (χ0) is 17.7. The van der Waals surface area contributed by atoms with Gasteiger partial charge in [0.25, 0.3) is 0 Å². The van der Waals surface area contributed by atoms with Gasteiger partial charge in [-0.25, -0.2) is 0 Å². The van der Waals surface area contributed by atoms with Gasteiger partial charge < -0.3 is 0 Å². The van der Waals surface area contributed by atoms with Crippen LogP contribution in [0, 0.1) is 5.92 Å². The first-order valence-electron chi connectivity index (χ1n) is 8.45. The van der Waals surface area contributed by atoms with E-state index in [1.165, 1.54) is 11.1 Å². The molecule has 0 rings (SSSR count). The number of allylic oxidation sites excluding steroid dienone is 8. The summed E-state index contributed by atoms with van der Waals surface area (Å²) in [6, 6.07) is 0. The summed E-state index contributed by atoms with van der Waals surface area (Å²) in [5.41, 5.74) is 4.37. The first-order chi connectivity index (χ1) is 10.9. The van der Waals surface area contributed by atoms with Crippen molar-refractivity contribution in [2.75, 3.05) is 0 Å². The number of aldehydes is 2. The molecule has 0 aromatic heterocycles. The highest BCUT2D eigenvalue weighted by atomic mass is 16.1. The van der Waals surface area contributed by atoms with Crippen LogP contribution in [0.4, 0.5) is 0 Å². The summed E-state index contributed by atoms with van der Waals surface area (Å²) in [5, 5.41) is 0. The van der Waals surface area contributed by atoms with E-state index < -0.39 is 0 Å². The van der Waals surface area contributed by atoms with Crippen LogP contribution in [-0.4, -0.2) is 12.6 Å². The normalized spacial score (nSPS) is 15.5. The first-order valence-corrected chi connectivity index (χ1v) is 8.45. The summed E-state index contributed by atoms with van der Waals surface area (Å²) in [7, 11) is 0. The Bertz CT molecular complexity index is 490. The molecule has 23 heavy (non-hydrogen) atoms. The van der Waals surface area contributed by atoms with Crippen molar-refractivity contribution in [1.82, 2.24) is 0 Å². The largest absolute Gasteiger partial charge is 0.298 e. The van der Waals surface area contributed by atoms with E-state index in [0.717, 1.165) is 55.8 Å². The van der Waals surface area contributed by atoms with Gasteiger partial charge >= 0.3 is 0 Å². The summed E-state index contributed by atoms with van der Waals surface area (Å²) >= 11 is 0. The molecule has 0 aliphatic heterocycles. The molecular weight excluding hydrogens is 284 g/mol. The summed E-state index contributed by atoms with van der Waals surface area (Å²) in [5.74, 6) is 0.522. The number of carbonyl (C=O) groups is 2. The average Bonchev–Trinajstić information content (AvgIpc) is 2.52. The lowest BCUT2D eigenvalue weighted by Crippen LogP contribution is -1.91. The van der Waals surface area contributed by atoms with Crippen LogP contribution in [0.3, 0.4) is 0 Å². The van der Waals surface area contributed by atoms with Gasteiger partial charge in [0.05, 0.1) is 0 Å². The van der Waals surface area contributed by atoms with Crippen LogP contribution >= 0.6 is 0 Å². The summed E-state index contributed by atoms with van der Waals surface area (Å²) < 4.78 is 0. The molecule has 0 spiro atoms. The molecular formula is C21H32O2. The van der Waals surface area contributed by atoms with Gasteiger partial charge in [0.1, 0.15) is 12.6 Å². The maximum atomic E-state index is 10.5. The highest BCUT2D eigenvalue weighted by molar-refractivity contribution is 5.72. The Morgan fingerprint density at radius 2 is 1.26 bits per heavy atom. The molecule has 1 unspecified atom stereocenters. The molecule has 0 bridgehead atoms. The van der Waals surface area contributed by atoms with Crippen molar-refractivity contribution in [3.63, 3.8) is 0 Å². The lowest BCUT2D eigenvalue weighted by Gasteiger charge is -2.07. The van der Waals surface area contributed by atoms with Gasteiger partial charge in [-0.15, -0.1) is 0 Å². The SMILES string of the molecule is C/C(C=O)=C\CC/C(C)=C/CC(C)/C=C(\C)CC/C=C(\C)C=O. The lowest BCUT2D eigenvalue weighted by molar-refractivity contribution is -0.105. The van der Waals surface area contributed by atoms with E-state index >= 15 is 0 Å². The lowest BCUT2D eigenvalue weighted by atomic mass is 9.99. The first kappa shape index (κ1) is 21.3. The quantitative estimate of drug-likeness (QED) is 0.276. The van der Waals surface area contributed by atoms with Crippen LogP contribution in [0.1, 0.15) is 66.7 Å². The smallest absolute Gasteiger partial charge is 0.145 e. The molecule has 1 atom stereocenters. The van der Waals surface area contributed by atoms with Gasteiger partial charge in [-0.05, 0) is 76.9 Å². The highest BCUT2D eigenvalue weighted by Crippen LogP contribution is 2.15. The van der Waals surface area contributed by atoms with Crippen molar-refractivity contribution >= 4 is 12.6 Å². The minimum Gasteiger partial charge on any atom is -0.298 e. The second-order valence-electron chi connectivity index (χ2n) is 6.49. The fourth-order valence-electron chi connectivity index (χ4n) is 2.28. The Balaban J connectivity index is 4.23.